The Morgan fingerprint density at radius 3 is 2.79 bits per heavy atom. The number of carboxylic acid groups (broad SMARTS) is 1. The molecule has 0 saturated carbocycles. The molecule has 0 aliphatic carbocycles. The third-order valence-corrected chi connectivity index (χ3v) is 6.46. The lowest BCUT2D eigenvalue weighted by molar-refractivity contribution is -0.141. The number of thioether (sulfide) groups is 1. The Morgan fingerprint density at radius 2 is 2.29 bits per heavy atom. The second-order valence-electron chi connectivity index (χ2n) is 5.79. The molecule has 1 aliphatic heterocycles. The first kappa shape index (κ1) is 22.7. The lowest BCUT2D eigenvalue weighted by atomic mass is 10.0. The fraction of sp³-hybridized carbons (Fsp3) is 0.571. The first-order valence-electron chi connectivity index (χ1n) is 7.99. The van der Waals surface area contributed by atoms with Crippen molar-refractivity contribution in [2.24, 2.45) is 11.1 Å². The summed E-state index contributed by atoms with van der Waals surface area (Å²) in [6, 6.07) is -2.16. The van der Waals surface area contributed by atoms with E-state index in [-0.39, 0.29) is 22.5 Å². The Balaban J connectivity index is 2.18. The van der Waals surface area contributed by atoms with E-state index in [0.29, 0.717) is 11.5 Å². The summed E-state index contributed by atoms with van der Waals surface area (Å²) in [5, 5.41) is 38.8. The summed E-state index contributed by atoms with van der Waals surface area (Å²) in [7, 11) is 1.25. The van der Waals surface area contributed by atoms with Crippen LogP contribution in [0.5, 0.6) is 0 Å². The van der Waals surface area contributed by atoms with Crippen LogP contribution in [0.25, 0.3) is 0 Å². The second kappa shape index (κ2) is 10.3. The van der Waals surface area contributed by atoms with Gasteiger partial charge in [-0.2, -0.15) is 12.6 Å². The Bertz CT molecular complexity index is 730. The monoisotopic (exact) mass is 451 g/mol. The fourth-order valence-corrected chi connectivity index (χ4v) is 5.03. The minimum absolute atomic E-state index is 0.163. The van der Waals surface area contributed by atoms with Crippen molar-refractivity contribution < 1.29 is 29.7 Å². The predicted octanol–water partition coefficient (Wildman–Crippen LogP) is -1.47. The maximum Gasteiger partial charge on any atom is 0.321 e. The Morgan fingerprint density at radius 1 is 1.57 bits per heavy atom. The molecule has 1 fully saturated rings. The smallest absolute Gasteiger partial charge is 0.321 e. The highest BCUT2D eigenvalue weighted by Gasteiger charge is 2.40. The van der Waals surface area contributed by atoms with E-state index in [9.17, 15) is 24.9 Å². The van der Waals surface area contributed by atoms with Crippen molar-refractivity contribution >= 4 is 58.4 Å². The van der Waals surface area contributed by atoms with Crippen molar-refractivity contribution in [2.75, 3.05) is 24.3 Å². The minimum atomic E-state index is -1.96. The van der Waals surface area contributed by atoms with Gasteiger partial charge in [-0.25, -0.2) is 4.98 Å². The number of oxime groups is 1. The standard InChI is InChI=1S/C14H21N5O6S3/c1-25-19-8(6-4-28-14(15)16-6)10(20)17-9(13(23)24)11-18-7(12(21)22)5(2-26)3-27-11/h4-5,7,9,11,13,18,23-24,26H,2-3H2,1H3,(H2,15,16)(H,17,20)(H,21,22)/b19-8+/t5-,7+,9+,11-/m1/s1. The molecule has 0 spiro atoms. The number of carboxylic acids is 1. The number of carbonyl (C=O) groups excluding carboxylic acids is 1. The summed E-state index contributed by atoms with van der Waals surface area (Å²) in [5.74, 6) is -1.35. The molecule has 0 bridgehead atoms. The number of amides is 1. The molecule has 28 heavy (non-hydrogen) atoms. The summed E-state index contributed by atoms with van der Waals surface area (Å²) in [4.78, 5) is 32.8. The highest BCUT2D eigenvalue weighted by molar-refractivity contribution is 8.00. The summed E-state index contributed by atoms with van der Waals surface area (Å²) in [6.45, 7) is 0. The van der Waals surface area contributed by atoms with Crippen LogP contribution in [-0.4, -0.2) is 80.3 Å². The highest BCUT2D eigenvalue weighted by Crippen LogP contribution is 2.27. The van der Waals surface area contributed by atoms with Crippen molar-refractivity contribution in [3.63, 3.8) is 0 Å². The molecule has 4 atom stereocenters. The third kappa shape index (κ3) is 5.48. The van der Waals surface area contributed by atoms with Gasteiger partial charge in [-0.1, -0.05) is 5.16 Å². The second-order valence-corrected chi connectivity index (χ2v) is 8.21. The largest absolute Gasteiger partial charge is 0.480 e. The average Bonchev–Trinajstić information content (AvgIpc) is 3.09. The zero-order valence-electron chi connectivity index (χ0n) is 14.7. The van der Waals surface area contributed by atoms with Gasteiger partial charge in [0.05, 0.1) is 5.37 Å². The number of aliphatic hydroxyl groups is 2. The van der Waals surface area contributed by atoms with E-state index in [4.69, 9.17) is 5.73 Å². The van der Waals surface area contributed by atoms with Crippen LogP contribution in [0.3, 0.4) is 0 Å². The predicted molar refractivity (Wildman–Crippen MR) is 108 cm³/mol. The summed E-state index contributed by atoms with van der Waals surface area (Å²) in [5.41, 5.74) is 5.53. The molecule has 0 aromatic carbocycles. The van der Waals surface area contributed by atoms with Crippen molar-refractivity contribution in [1.29, 1.82) is 0 Å². The quantitative estimate of drug-likeness (QED) is 0.107. The number of carbonyl (C=O) groups is 2. The van der Waals surface area contributed by atoms with E-state index in [2.05, 4.69) is 38.2 Å². The van der Waals surface area contributed by atoms with Gasteiger partial charge in [0.1, 0.15) is 24.9 Å². The molecular weight excluding hydrogens is 430 g/mol. The molecule has 1 aliphatic rings. The van der Waals surface area contributed by atoms with Gasteiger partial charge >= 0.3 is 5.97 Å². The normalized spacial score (nSPS) is 24.0. The van der Waals surface area contributed by atoms with Gasteiger partial charge in [0.15, 0.2) is 17.1 Å². The van der Waals surface area contributed by atoms with Gasteiger partial charge < -0.3 is 31.2 Å². The lowest BCUT2D eigenvalue weighted by Crippen LogP contribution is -2.62. The molecule has 2 rings (SSSR count). The number of thiol groups is 1. The molecule has 7 N–H and O–H groups in total. The van der Waals surface area contributed by atoms with Crippen LogP contribution in [0.4, 0.5) is 5.13 Å². The number of anilines is 1. The Kier molecular flexibility index (Phi) is 8.33. The SMILES string of the molecule is CO/N=C(/C(=O)N[C@H](C(O)O)[C@@H]1N[C@H](C(=O)O)[C@H](CS)CS1)c1csc(N)n1. The lowest BCUT2D eigenvalue weighted by Gasteiger charge is -2.38. The van der Waals surface area contributed by atoms with Gasteiger partial charge in [-0.15, -0.1) is 23.1 Å². The zero-order valence-corrected chi connectivity index (χ0v) is 17.2. The van der Waals surface area contributed by atoms with E-state index in [1.807, 2.05) is 0 Å². The number of nitrogens with one attached hydrogen (secondary N) is 2. The van der Waals surface area contributed by atoms with Crippen LogP contribution in [0.1, 0.15) is 5.69 Å². The molecule has 156 valence electrons. The van der Waals surface area contributed by atoms with Gasteiger partial charge in [-0.05, 0) is 5.75 Å². The number of thiazole rings is 1. The Labute approximate surface area is 174 Å². The number of nitrogen functional groups attached to an aromatic ring is 1. The number of aromatic nitrogens is 1. The number of nitrogens with two attached hydrogens (primary N) is 1. The molecule has 0 unspecified atom stereocenters. The number of nitrogens with zero attached hydrogens (tertiary/aromatic N) is 2. The fourth-order valence-electron chi connectivity index (χ4n) is 2.54. The number of aliphatic hydroxyl groups excluding tert-OH is 1. The first-order chi connectivity index (χ1) is 13.3. The van der Waals surface area contributed by atoms with Crippen LogP contribution < -0.4 is 16.4 Å². The van der Waals surface area contributed by atoms with Crippen LogP contribution in [0.15, 0.2) is 10.5 Å². The molecule has 1 amide bonds. The van der Waals surface area contributed by atoms with Gasteiger partial charge in [0, 0.05) is 17.1 Å². The molecule has 14 heteroatoms. The van der Waals surface area contributed by atoms with Gasteiger partial charge in [0.25, 0.3) is 5.91 Å². The van der Waals surface area contributed by atoms with Crippen molar-refractivity contribution in [1.82, 2.24) is 15.6 Å². The number of hydrogen-bond acceptors (Lipinski definition) is 12. The maximum absolute atomic E-state index is 12.7. The van der Waals surface area contributed by atoms with Crippen LogP contribution in [0.2, 0.25) is 0 Å². The van der Waals surface area contributed by atoms with Crippen LogP contribution in [0, 0.1) is 5.92 Å². The third-order valence-electron chi connectivity index (χ3n) is 3.91. The van der Waals surface area contributed by atoms with E-state index < -0.39 is 35.6 Å². The molecule has 1 saturated heterocycles. The van der Waals surface area contributed by atoms with Crippen LogP contribution in [-0.2, 0) is 14.4 Å². The van der Waals surface area contributed by atoms with Crippen molar-refractivity contribution in [2.45, 2.75) is 23.7 Å². The van der Waals surface area contributed by atoms with E-state index in [0.717, 1.165) is 11.3 Å². The van der Waals surface area contributed by atoms with Crippen molar-refractivity contribution in [3.8, 4) is 0 Å². The van der Waals surface area contributed by atoms with Crippen LogP contribution >= 0.6 is 35.7 Å². The summed E-state index contributed by atoms with van der Waals surface area (Å²) >= 11 is 6.51. The summed E-state index contributed by atoms with van der Waals surface area (Å²) in [6.07, 6.45) is -1.96. The highest BCUT2D eigenvalue weighted by atomic mass is 32.2. The first-order valence-corrected chi connectivity index (χ1v) is 10.5. The molecule has 1 aromatic rings. The van der Waals surface area contributed by atoms with E-state index in [1.165, 1.54) is 24.3 Å². The number of hydrogen-bond donors (Lipinski definition) is 7. The average molecular weight is 452 g/mol. The Hall–Kier alpha value is -1.58. The molecular formula is C14H21N5O6S3. The minimum Gasteiger partial charge on any atom is -0.480 e. The topological polar surface area (TPSA) is 179 Å². The van der Waals surface area contributed by atoms with E-state index in [1.54, 1.807) is 0 Å². The molecule has 1 aromatic heterocycles. The van der Waals surface area contributed by atoms with Gasteiger partial charge in [-0.3, -0.25) is 14.9 Å². The van der Waals surface area contributed by atoms with E-state index >= 15 is 0 Å². The zero-order chi connectivity index (χ0) is 20.8. The molecule has 0 radical (unpaired) electrons. The number of aliphatic carboxylic acids is 1. The molecule has 2 heterocycles. The maximum atomic E-state index is 12.7. The van der Waals surface area contributed by atoms with Gasteiger partial charge in [0.2, 0.25) is 0 Å². The number of rotatable bonds is 8. The molecule has 11 nitrogen and oxygen atoms in total. The summed E-state index contributed by atoms with van der Waals surface area (Å²) < 4.78 is 0. The van der Waals surface area contributed by atoms with Crippen molar-refractivity contribution in [3.05, 3.63) is 11.1 Å².